The van der Waals surface area contributed by atoms with E-state index in [9.17, 15) is 4.79 Å². The predicted molar refractivity (Wildman–Crippen MR) is 109 cm³/mol. The largest absolute Gasteiger partial charge is 0.336 e. The summed E-state index contributed by atoms with van der Waals surface area (Å²) in [5, 5.41) is 2.45. The van der Waals surface area contributed by atoms with E-state index in [1.54, 1.807) is 6.20 Å². The first-order valence-electron chi connectivity index (χ1n) is 9.04. The van der Waals surface area contributed by atoms with Crippen molar-refractivity contribution >= 4 is 28.4 Å². The van der Waals surface area contributed by atoms with Crippen molar-refractivity contribution in [1.82, 2.24) is 9.88 Å². The van der Waals surface area contributed by atoms with Crippen molar-refractivity contribution in [1.29, 1.82) is 0 Å². The molecule has 2 aromatic carbocycles. The number of aryl methyl sites for hydroxylation is 1. The third-order valence-corrected chi connectivity index (χ3v) is 6.35. The number of rotatable bonds is 2. The van der Waals surface area contributed by atoms with E-state index >= 15 is 0 Å². The number of carbonyl (C=O) groups is 1. The van der Waals surface area contributed by atoms with Crippen molar-refractivity contribution in [2.75, 3.05) is 18.8 Å². The maximum Gasteiger partial charge on any atom is 0.273 e. The highest BCUT2D eigenvalue weighted by molar-refractivity contribution is 7.99. The molecule has 0 aliphatic carbocycles. The minimum Gasteiger partial charge on any atom is -0.336 e. The van der Waals surface area contributed by atoms with E-state index in [1.807, 2.05) is 47.0 Å². The zero-order valence-electron chi connectivity index (χ0n) is 14.9. The molecule has 0 unspecified atom stereocenters. The van der Waals surface area contributed by atoms with Gasteiger partial charge in [-0.1, -0.05) is 48.5 Å². The lowest BCUT2D eigenvalue weighted by Gasteiger charge is -2.21. The number of hydrogen-bond donors (Lipinski definition) is 0. The molecule has 4 rings (SSSR count). The molecule has 26 heavy (non-hydrogen) atoms. The van der Waals surface area contributed by atoms with Crippen molar-refractivity contribution in [2.45, 2.75) is 18.6 Å². The van der Waals surface area contributed by atoms with Gasteiger partial charge < -0.3 is 4.90 Å². The van der Waals surface area contributed by atoms with Crippen molar-refractivity contribution in [2.24, 2.45) is 0 Å². The van der Waals surface area contributed by atoms with Crippen LogP contribution in [0.2, 0.25) is 0 Å². The number of hydrogen-bond acceptors (Lipinski definition) is 3. The second kappa shape index (κ2) is 7.50. The summed E-state index contributed by atoms with van der Waals surface area (Å²) in [6, 6.07) is 18.5. The molecule has 4 heteroatoms. The van der Waals surface area contributed by atoms with Gasteiger partial charge in [-0.3, -0.25) is 9.78 Å². The molecule has 3 nitrogen and oxygen atoms in total. The second-order valence-electron chi connectivity index (χ2n) is 6.68. The van der Waals surface area contributed by atoms with E-state index in [0.29, 0.717) is 10.9 Å². The Kier molecular flexibility index (Phi) is 4.93. The summed E-state index contributed by atoms with van der Waals surface area (Å²) < 4.78 is 0. The van der Waals surface area contributed by atoms with Gasteiger partial charge >= 0.3 is 0 Å². The first kappa shape index (κ1) is 17.1. The van der Waals surface area contributed by atoms with E-state index in [0.717, 1.165) is 36.0 Å². The summed E-state index contributed by atoms with van der Waals surface area (Å²) in [4.78, 5) is 19.5. The third-order valence-electron chi connectivity index (χ3n) is 5.04. The molecule has 1 aromatic heterocycles. The van der Waals surface area contributed by atoms with E-state index in [2.05, 4.69) is 36.2 Å². The summed E-state index contributed by atoms with van der Waals surface area (Å²) >= 11 is 1.96. The molecule has 0 radical (unpaired) electrons. The minimum atomic E-state index is 0.0489. The summed E-state index contributed by atoms with van der Waals surface area (Å²) in [6.45, 7) is 3.72. The fourth-order valence-electron chi connectivity index (χ4n) is 3.61. The van der Waals surface area contributed by atoms with Crippen LogP contribution in [0.5, 0.6) is 0 Å². The minimum absolute atomic E-state index is 0.0489. The smallest absolute Gasteiger partial charge is 0.273 e. The lowest BCUT2D eigenvalue weighted by Crippen LogP contribution is -2.33. The molecule has 1 amide bonds. The van der Waals surface area contributed by atoms with Gasteiger partial charge in [0.1, 0.15) is 5.69 Å². The van der Waals surface area contributed by atoms with Gasteiger partial charge in [0.15, 0.2) is 0 Å². The number of nitrogens with zero attached hydrogens (tertiary/aromatic N) is 2. The summed E-state index contributed by atoms with van der Waals surface area (Å²) in [7, 11) is 0. The van der Waals surface area contributed by atoms with Gasteiger partial charge in [-0.05, 0) is 35.9 Å². The Morgan fingerprint density at radius 1 is 1.08 bits per heavy atom. The average molecular weight is 362 g/mol. The zero-order chi connectivity index (χ0) is 17.9. The molecule has 0 saturated carbocycles. The van der Waals surface area contributed by atoms with Gasteiger partial charge in [0.2, 0.25) is 0 Å². The number of amides is 1. The highest BCUT2D eigenvalue weighted by atomic mass is 32.2. The van der Waals surface area contributed by atoms with Crippen LogP contribution >= 0.6 is 11.8 Å². The van der Waals surface area contributed by atoms with E-state index in [1.165, 1.54) is 11.1 Å². The van der Waals surface area contributed by atoms with Crippen LogP contribution < -0.4 is 0 Å². The number of aromatic nitrogens is 1. The number of thioether (sulfide) groups is 1. The molecule has 1 aliphatic rings. The summed E-state index contributed by atoms with van der Waals surface area (Å²) in [5.41, 5.74) is 3.30. The molecule has 0 spiro atoms. The Morgan fingerprint density at radius 3 is 2.77 bits per heavy atom. The molecule has 0 N–H and O–H groups in total. The molecule has 3 aromatic rings. The molecule has 2 heterocycles. The van der Waals surface area contributed by atoms with Gasteiger partial charge in [-0.25, -0.2) is 0 Å². The van der Waals surface area contributed by atoms with E-state index in [-0.39, 0.29) is 5.91 Å². The van der Waals surface area contributed by atoms with Crippen LogP contribution in [0, 0.1) is 6.92 Å². The quantitative estimate of drug-likeness (QED) is 0.652. The van der Waals surface area contributed by atoms with Crippen LogP contribution in [0.4, 0.5) is 0 Å². The molecule has 1 aliphatic heterocycles. The normalized spacial score (nSPS) is 17.9. The summed E-state index contributed by atoms with van der Waals surface area (Å²) in [6.07, 6.45) is 2.71. The SMILES string of the molecule is Cc1ccccc1[C@@H]1CCN(C(=O)c2nccc3ccccc23)CCS1. The first-order valence-corrected chi connectivity index (χ1v) is 10.1. The number of benzene rings is 2. The van der Waals surface area contributed by atoms with Crippen LogP contribution in [0.25, 0.3) is 10.8 Å². The average Bonchev–Trinajstić information content (AvgIpc) is 2.93. The van der Waals surface area contributed by atoms with Gasteiger partial charge in [0.05, 0.1) is 0 Å². The van der Waals surface area contributed by atoms with Crippen LogP contribution in [0.3, 0.4) is 0 Å². The summed E-state index contributed by atoms with van der Waals surface area (Å²) in [5.74, 6) is 1.00. The zero-order valence-corrected chi connectivity index (χ0v) is 15.7. The topological polar surface area (TPSA) is 33.2 Å². The Labute approximate surface area is 158 Å². The van der Waals surface area contributed by atoms with Crippen LogP contribution in [0.1, 0.15) is 33.3 Å². The van der Waals surface area contributed by atoms with Crippen LogP contribution in [0.15, 0.2) is 60.8 Å². The fourth-order valence-corrected chi connectivity index (χ4v) is 4.94. The van der Waals surface area contributed by atoms with Gasteiger partial charge in [-0.15, -0.1) is 0 Å². The Morgan fingerprint density at radius 2 is 1.88 bits per heavy atom. The number of pyridine rings is 1. The number of carbonyl (C=O) groups excluding carboxylic acids is 1. The van der Waals surface area contributed by atoms with Crippen molar-refractivity contribution in [3.05, 3.63) is 77.6 Å². The maximum atomic E-state index is 13.1. The predicted octanol–water partition coefficient (Wildman–Crippen LogP) is 4.86. The van der Waals surface area contributed by atoms with Crippen molar-refractivity contribution in [3.8, 4) is 0 Å². The van der Waals surface area contributed by atoms with Crippen LogP contribution in [-0.2, 0) is 0 Å². The van der Waals surface area contributed by atoms with Gasteiger partial charge in [-0.2, -0.15) is 11.8 Å². The molecule has 132 valence electrons. The number of fused-ring (bicyclic) bond motifs is 1. The van der Waals surface area contributed by atoms with Gasteiger partial charge in [0.25, 0.3) is 5.91 Å². The highest BCUT2D eigenvalue weighted by Gasteiger charge is 2.25. The molecular weight excluding hydrogens is 340 g/mol. The highest BCUT2D eigenvalue weighted by Crippen LogP contribution is 2.36. The van der Waals surface area contributed by atoms with Crippen molar-refractivity contribution in [3.63, 3.8) is 0 Å². The van der Waals surface area contributed by atoms with Crippen LogP contribution in [-0.4, -0.2) is 34.6 Å². The lowest BCUT2D eigenvalue weighted by atomic mass is 10.0. The molecule has 0 bridgehead atoms. The Balaban J connectivity index is 1.55. The van der Waals surface area contributed by atoms with E-state index < -0.39 is 0 Å². The fraction of sp³-hybridized carbons (Fsp3) is 0.273. The monoisotopic (exact) mass is 362 g/mol. The maximum absolute atomic E-state index is 13.1. The Bertz CT molecular complexity index is 935. The first-order chi connectivity index (χ1) is 12.7. The van der Waals surface area contributed by atoms with Crippen molar-refractivity contribution < 1.29 is 4.79 Å². The van der Waals surface area contributed by atoms with Gasteiger partial charge in [0, 0.05) is 35.7 Å². The lowest BCUT2D eigenvalue weighted by molar-refractivity contribution is 0.0763. The molecular formula is C22H22N2OS. The molecule has 1 fully saturated rings. The molecule has 1 atom stereocenters. The Hall–Kier alpha value is -2.33. The second-order valence-corrected chi connectivity index (χ2v) is 7.99. The third kappa shape index (κ3) is 3.34. The molecule has 1 saturated heterocycles. The van der Waals surface area contributed by atoms with E-state index in [4.69, 9.17) is 0 Å². The standard InChI is InChI=1S/C22H22N2OS/c1-16-6-2-4-8-18(16)20-11-13-24(14-15-26-20)22(25)21-19-9-5-3-7-17(19)10-12-23-21/h2-10,12,20H,11,13-15H2,1H3/t20-/m0/s1.